The first-order chi connectivity index (χ1) is 8.08. The first-order valence-corrected chi connectivity index (χ1v) is 5.50. The normalized spacial score (nSPS) is 22.1. The van der Waals surface area contributed by atoms with E-state index in [0.29, 0.717) is 22.3 Å². The number of hydrogen-bond donors (Lipinski definition) is 0. The monoisotopic (exact) mass is 228 g/mol. The third-order valence-corrected chi connectivity index (χ3v) is 2.74. The molecule has 0 radical (unpaired) electrons. The summed E-state index contributed by atoms with van der Waals surface area (Å²) in [5.74, 6) is -0.181. The predicted molar refractivity (Wildman–Crippen MR) is 69.6 cm³/mol. The summed E-state index contributed by atoms with van der Waals surface area (Å²) in [6, 6.07) is 0. The Bertz CT molecular complexity index is 497. The van der Waals surface area contributed by atoms with Gasteiger partial charge in [0.1, 0.15) is 0 Å². The lowest BCUT2D eigenvalue weighted by atomic mass is 9.82. The van der Waals surface area contributed by atoms with E-state index < -0.39 is 0 Å². The van der Waals surface area contributed by atoms with E-state index in [4.69, 9.17) is 0 Å². The molecule has 0 saturated heterocycles. The van der Waals surface area contributed by atoms with E-state index in [1.807, 2.05) is 0 Å². The van der Waals surface area contributed by atoms with Gasteiger partial charge < -0.3 is 0 Å². The number of carbonyl (C=O) groups excluding carboxylic acids is 2. The lowest BCUT2D eigenvalue weighted by Crippen LogP contribution is -2.22. The first-order valence-electron chi connectivity index (χ1n) is 5.50. The minimum Gasteiger partial charge on any atom is -0.289 e. The van der Waals surface area contributed by atoms with E-state index in [0.717, 1.165) is 0 Å². The average Bonchev–Trinajstić information content (AvgIpc) is 2.33. The maximum absolute atomic E-state index is 12.2. The SMILES string of the molecule is C=C/C=C\C1=C(C)C(=O)C(=C/C)/C(=C\C)C1=O. The molecular formula is C15H16O2. The lowest BCUT2D eigenvalue weighted by molar-refractivity contribution is -0.116. The van der Waals surface area contributed by atoms with Crippen molar-refractivity contribution in [3.8, 4) is 0 Å². The van der Waals surface area contributed by atoms with Gasteiger partial charge >= 0.3 is 0 Å². The fourth-order valence-corrected chi connectivity index (χ4v) is 1.82. The highest BCUT2D eigenvalue weighted by Crippen LogP contribution is 2.28. The Labute approximate surface area is 102 Å². The van der Waals surface area contributed by atoms with Crippen LogP contribution in [0.4, 0.5) is 0 Å². The van der Waals surface area contributed by atoms with E-state index >= 15 is 0 Å². The molecule has 17 heavy (non-hydrogen) atoms. The van der Waals surface area contributed by atoms with Gasteiger partial charge in [-0.2, -0.15) is 0 Å². The number of Topliss-reactive ketones (excluding diaryl/α,β-unsaturated/α-hetero) is 2. The van der Waals surface area contributed by atoms with E-state index in [1.165, 1.54) is 0 Å². The maximum Gasteiger partial charge on any atom is 0.193 e. The molecule has 0 fully saturated rings. The maximum atomic E-state index is 12.2. The Hall–Kier alpha value is -1.96. The first kappa shape index (κ1) is 13.1. The Balaban J connectivity index is 3.46. The van der Waals surface area contributed by atoms with Crippen molar-refractivity contribution in [2.45, 2.75) is 20.8 Å². The van der Waals surface area contributed by atoms with Crippen molar-refractivity contribution in [3.05, 3.63) is 59.3 Å². The van der Waals surface area contributed by atoms with Gasteiger partial charge in [0, 0.05) is 22.3 Å². The molecule has 0 aromatic carbocycles. The van der Waals surface area contributed by atoms with Crippen LogP contribution in [0.2, 0.25) is 0 Å². The molecule has 0 N–H and O–H groups in total. The van der Waals surface area contributed by atoms with Crippen molar-refractivity contribution in [3.63, 3.8) is 0 Å². The van der Waals surface area contributed by atoms with Gasteiger partial charge in [-0.3, -0.25) is 9.59 Å². The minimum atomic E-state index is -0.101. The van der Waals surface area contributed by atoms with Gasteiger partial charge in [-0.1, -0.05) is 37.0 Å². The molecule has 1 aliphatic carbocycles. The van der Waals surface area contributed by atoms with Gasteiger partial charge in [-0.15, -0.1) is 0 Å². The third kappa shape index (κ3) is 2.26. The second-order valence-corrected chi connectivity index (χ2v) is 3.70. The van der Waals surface area contributed by atoms with Crippen molar-refractivity contribution < 1.29 is 9.59 Å². The molecular weight excluding hydrogens is 212 g/mol. The molecule has 0 unspecified atom stereocenters. The molecule has 0 atom stereocenters. The molecule has 88 valence electrons. The van der Waals surface area contributed by atoms with E-state index in [9.17, 15) is 9.59 Å². The molecule has 0 aromatic heterocycles. The molecule has 2 nitrogen and oxygen atoms in total. The zero-order valence-electron chi connectivity index (χ0n) is 10.4. The summed E-state index contributed by atoms with van der Waals surface area (Å²) in [5, 5.41) is 0. The molecule has 0 aliphatic heterocycles. The Morgan fingerprint density at radius 1 is 1.00 bits per heavy atom. The summed E-state index contributed by atoms with van der Waals surface area (Å²) in [6.07, 6.45) is 8.26. The number of hydrogen-bond acceptors (Lipinski definition) is 2. The van der Waals surface area contributed by atoms with Crippen molar-refractivity contribution in [2.24, 2.45) is 0 Å². The Morgan fingerprint density at radius 3 is 2.00 bits per heavy atom. The summed E-state index contributed by atoms with van der Waals surface area (Å²) in [7, 11) is 0. The van der Waals surface area contributed by atoms with Crippen molar-refractivity contribution >= 4 is 11.6 Å². The summed E-state index contributed by atoms with van der Waals surface area (Å²) in [4.78, 5) is 24.2. The van der Waals surface area contributed by atoms with Gasteiger partial charge in [0.15, 0.2) is 11.6 Å². The second kappa shape index (κ2) is 5.39. The van der Waals surface area contributed by atoms with Crippen molar-refractivity contribution in [1.82, 2.24) is 0 Å². The molecule has 0 amide bonds. The Morgan fingerprint density at radius 2 is 1.53 bits per heavy atom. The van der Waals surface area contributed by atoms with Crippen LogP contribution in [-0.4, -0.2) is 11.6 Å². The molecule has 0 saturated carbocycles. The van der Waals surface area contributed by atoms with Crippen LogP contribution in [0.3, 0.4) is 0 Å². The van der Waals surface area contributed by atoms with Crippen LogP contribution in [0, 0.1) is 0 Å². The highest BCUT2D eigenvalue weighted by molar-refractivity contribution is 6.30. The summed E-state index contributed by atoms with van der Waals surface area (Å²) in [5.41, 5.74) is 1.91. The van der Waals surface area contributed by atoms with Gasteiger partial charge in [0.25, 0.3) is 0 Å². The van der Waals surface area contributed by atoms with Gasteiger partial charge in [0.2, 0.25) is 0 Å². The highest BCUT2D eigenvalue weighted by Gasteiger charge is 2.30. The molecule has 0 bridgehead atoms. The van der Waals surface area contributed by atoms with Crippen LogP contribution in [0.5, 0.6) is 0 Å². The van der Waals surface area contributed by atoms with Crippen molar-refractivity contribution in [2.75, 3.05) is 0 Å². The number of ketones is 2. The fourth-order valence-electron chi connectivity index (χ4n) is 1.82. The fraction of sp³-hybridized carbons (Fsp3) is 0.200. The van der Waals surface area contributed by atoms with Crippen LogP contribution >= 0.6 is 0 Å². The van der Waals surface area contributed by atoms with Gasteiger partial charge in [-0.05, 0) is 20.8 Å². The molecule has 1 rings (SSSR count). The smallest absolute Gasteiger partial charge is 0.193 e. The van der Waals surface area contributed by atoms with Gasteiger partial charge in [0.05, 0.1) is 0 Å². The van der Waals surface area contributed by atoms with Crippen LogP contribution in [-0.2, 0) is 9.59 Å². The highest BCUT2D eigenvalue weighted by atomic mass is 16.1. The van der Waals surface area contributed by atoms with Crippen LogP contribution in [0.25, 0.3) is 0 Å². The largest absolute Gasteiger partial charge is 0.289 e. The topological polar surface area (TPSA) is 34.1 Å². The summed E-state index contributed by atoms with van der Waals surface area (Å²) < 4.78 is 0. The number of rotatable bonds is 2. The third-order valence-electron chi connectivity index (χ3n) is 2.74. The lowest BCUT2D eigenvalue weighted by Gasteiger charge is -2.18. The van der Waals surface area contributed by atoms with Crippen molar-refractivity contribution in [1.29, 1.82) is 0 Å². The standard InChI is InChI=1S/C15H16O2/c1-5-8-9-13-10(4)14(16)11(6-2)12(7-3)15(13)17/h5-9H,1H2,2-4H3/b9-8-,11-6+,12-7+. The molecule has 0 heterocycles. The zero-order chi connectivity index (χ0) is 13.0. The second-order valence-electron chi connectivity index (χ2n) is 3.70. The van der Waals surface area contributed by atoms with E-state index in [1.54, 1.807) is 51.2 Å². The zero-order valence-corrected chi connectivity index (χ0v) is 10.4. The Kier molecular flexibility index (Phi) is 4.16. The summed E-state index contributed by atoms with van der Waals surface area (Å²) >= 11 is 0. The quantitative estimate of drug-likeness (QED) is 0.537. The van der Waals surface area contributed by atoms with Crippen LogP contribution in [0.1, 0.15) is 20.8 Å². The van der Waals surface area contributed by atoms with E-state index in [2.05, 4.69) is 6.58 Å². The van der Waals surface area contributed by atoms with Crippen LogP contribution < -0.4 is 0 Å². The summed E-state index contributed by atoms with van der Waals surface area (Å²) in [6.45, 7) is 8.76. The van der Waals surface area contributed by atoms with E-state index in [-0.39, 0.29) is 11.6 Å². The molecule has 2 heteroatoms. The van der Waals surface area contributed by atoms with Gasteiger partial charge in [-0.25, -0.2) is 0 Å². The average molecular weight is 228 g/mol. The molecule has 0 aromatic rings. The van der Waals surface area contributed by atoms with Crippen LogP contribution in [0.15, 0.2) is 59.3 Å². The number of allylic oxidation sites excluding steroid dienone is 9. The molecule has 1 aliphatic rings. The molecule has 0 spiro atoms. The number of carbonyl (C=O) groups is 2. The minimum absolute atomic E-state index is 0.0797. The predicted octanol–water partition coefficient (Wildman–Crippen LogP) is 3.09.